The lowest BCUT2D eigenvalue weighted by Gasteiger charge is -2.59. The molecule has 0 radical (unpaired) electrons. The van der Waals surface area contributed by atoms with E-state index in [-0.39, 0.29) is 46.8 Å². The summed E-state index contributed by atoms with van der Waals surface area (Å²) in [6.07, 6.45) is 2.88. The summed E-state index contributed by atoms with van der Waals surface area (Å²) in [5, 5.41) is 7.00. The van der Waals surface area contributed by atoms with Crippen LogP contribution in [-0.2, 0) is 22.6 Å². The fourth-order valence-corrected chi connectivity index (χ4v) is 4.80. The SMILES string of the molecule is CN=C(NCc1cccc(CN2CCCC(C(N)=O)C2)c1)NC1CC(C)(OC)C1(C)C.I. The van der Waals surface area contributed by atoms with E-state index in [1.54, 1.807) is 14.2 Å². The van der Waals surface area contributed by atoms with E-state index in [0.29, 0.717) is 12.6 Å². The zero-order valence-corrected chi connectivity index (χ0v) is 22.4. The Labute approximate surface area is 210 Å². The number of hydrogen-bond donors (Lipinski definition) is 3. The number of benzene rings is 1. The van der Waals surface area contributed by atoms with E-state index >= 15 is 0 Å². The Morgan fingerprint density at radius 3 is 2.66 bits per heavy atom. The zero-order valence-electron chi connectivity index (χ0n) is 20.1. The van der Waals surface area contributed by atoms with Gasteiger partial charge in [0.15, 0.2) is 5.96 Å². The van der Waals surface area contributed by atoms with E-state index in [1.165, 1.54) is 11.1 Å². The number of ether oxygens (including phenoxy) is 1. The third-order valence-corrected chi connectivity index (χ3v) is 7.58. The predicted octanol–water partition coefficient (Wildman–Crippen LogP) is 2.87. The average Bonchev–Trinajstić information content (AvgIpc) is 2.76. The van der Waals surface area contributed by atoms with Gasteiger partial charge < -0.3 is 21.1 Å². The van der Waals surface area contributed by atoms with E-state index in [1.807, 2.05) is 0 Å². The van der Waals surface area contributed by atoms with Gasteiger partial charge in [0, 0.05) is 45.2 Å². The van der Waals surface area contributed by atoms with Gasteiger partial charge in [0.2, 0.25) is 5.91 Å². The molecule has 32 heavy (non-hydrogen) atoms. The number of carbonyl (C=O) groups excluding carboxylic acids is 1. The molecule has 2 aliphatic rings. The maximum atomic E-state index is 11.5. The number of guanidine groups is 1. The van der Waals surface area contributed by atoms with Gasteiger partial charge >= 0.3 is 0 Å². The first-order chi connectivity index (χ1) is 14.7. The smallest absolute Gasteiger partial charge is 0.221 e. The van der Waals surface area contributed by atoms with Gasteiger partial charge in [-0.15, -0.1) is 24.0 Å². The summed E-state index contributed by atoms with van der Waals surface area (Å²) >= 11 is 0. The van der Waals surface area contributed by atoms with Crippen LogP contribution < -0.4 is 16.4 Å². The van der Waals surface area contributed by atoms with E-state index in [0.717, 1.165) is 44.9 Å². The Hall–Kier alpha value is -1.39. The van der Waals surface area contributed by atoms with Gasteiger partial charge in [0.25, 0.3) is 0 Å². The van der Waals surface area contributed by atoms with Crippen molar-refractivity contribution in [3.05, 3.63) is 35.4 Å². The molecule has 1 heterocycles. The van der Waals surface area contributed by atoms with Gasteiger partial charge in [-0.05, 0) is 43.9 Å². The molecule has 1 amide bonds. The molecule has 3 rings (SSSR count). The van der Waals surface area contributed by atoms with E-state index in [2.05, 4.69) is 65.6 Å². The first kappa shape index (κ1) is 26.9. The van der Waals surface area contributed by atoms with Crippen molar-refractivity contribution < 1.29 is 9.53 Å². The van der Waals surface area contributed by atoms with Crippen LogP contribution >= 0.6 is 24.0 Å². The monoisotopic (exact) mass is 557 g/mol. The van der Waals surface area contributed by atoms with Crippen LogP contribution in [0.15, 0.2) is 29.3 Å². The molecular formula is C24H40IN5O2. The zero-order chi connectivity index (χ0) is 22.6. The molecule has 0 spiro atoms. The van der Waals surface area contributed by atoms with Crippen LogP contribution in [-0.4, -0.2) is 55.7 Å². The highest BCUT2D eigenvalue weighted by atomic mass is 127. The number of likely N-dealkylation sites (tertiary alicyclic amines) is 1. The largest absolute Gasteiger partial charge is 0.378 e. The molecule has 1 aromatic carbocycles. The third-order valence-electron chi connectivity index (χ3n) is 7.58. The fraction of sp³-hybridized carbons (Fsp3) is 0.667. The topological polar surface area (TPSA) is 92.0 Å². The van der Waals surface area contributed by atoms with Gasteiger partial charge in [-0.2, -0.15) is 0 Å². The molecule has 1 aromatic rings. The molecule has 3 atom stereocenters. The molecule has 4 N–H and O–H groups in total. The molecule has 3 unspecified atom stereocenters. The van der Waals surface area contributed by atoms with Gasteiger partial charge in [-0.1, -0.05) is 38.1 Å². The number of halogens is 1. The molecule has 1 aliphatic heterocycles. The van der Waals surface area contributed by atoms with Crippen molar-refractivity contribution >= 4 is 35.8 Å². The molecule has 180 valence electrons. The normalized spacial score (nSPS) is 27.7. The van der Waals surface area contributed by atoms with E-state index in [4.69, 9.17) is 10.5 Å². The second kappa shape index (κ2) is 11.2. The standard InChI is InChI=1S/C24H39N5O2.HI/c1-23(2)20(13-24(23,3)31-5)28-22(26-4)27-14-17-8-6-9-18(12-17)15-29-11-7-10-19(16-29)21(25)30;/h6,8-9,12,19-20H,7,10-11,13-16H2,1-5H3,(H2,25,30)(H2,26,27,28);1H. The molecule has 0 aromatic heterocycles. The first-order valence-corrected chi connectivity index (χ1v) is 11.3. The number of piperidine rings is 1. The molecule has 1 saturated carbocycles. The van der Waals surface area contributed by atoms with Crippen LogP contribution in [0.2, 0.25) is 0 Å². The number of methoxy groups -OCH3 is 1. The predicted molar refractivity (Wildman–Crippen MR) is 140 cm³/mol. The first-order valence-electron chi connectivity index (χ1n) is 11.3. The third kappa shape index (κ3) is 5.94. The van der Waals surface area contributed by atoms with E-state index < -0.39 is 0 Å². The van der Waals surface area contributed by atoms with Crippen molar-refractivity contribution in [3.63, 3.8) is 0 Å². The highest BCUT2D eigenvalue weighted by molar-refractivity contribution is 14.0. The molecule has 1 aliphatic carbocycles. The van der Waals surface area contributed by atoms with Gasteiger partial charge in [0.05, 0.1) is 11.5 Å². The van der Waals surface area contributed by atoms with Crippen LogP contribution in [0.3, 0.4) is 0 Å². The number of nitrogens with zero attached hydrogens (tertiary/aromatic N) is 2. The van der Waals surface area contributed by atoms with Crippen molar-refractivity contribution in [3.8, 4) is 0 Å². The summed E-state index contributed by atoms with van der Waals surface area (Å²) < 4.78 is 5.73. The van der Waals surface area contributed by atoms with Crippen LogP contribution in [0, 0.1) is 11.3 Å². The highest BCUT2D eigenvalue weighted by Crippen LogP contribution is 2.51. The Bertz CT molecular complexity index is 815. The Kier molecular flexibility index (Phi) is 9.36. The summed E-state index contributed by atoms with van der Waals surface area (Å²) in [6, 6.07) is 8.90. The number of primary amides is 1. The Morgan fingerprint density at radius 2 is 2.03 bits per heavy atom. The number of aliphatic imine (C=N–C) groups is 1. The summed E-state index contributed by atoms with van der Waals surface area (Å²) in [7, 11) is 3.59. The fourth-order valence-electron chi connectivity index (χ4n) is 4.80. The quantitative estimate of drug-likeness (QED) is 0.273. The minimum absolute atomic E-state index is 0. The van der Waals surface area contributed by atoms with Crippen molar-refractivity contribution in [2.24, 2.45) is 22.1 Å². The number of carbonyl (C=O) groups is 1. The number of hydrogen-bond acceptors (Lipinski definition) is 4. The van der Waals surface area contributed by atoms with Gasteiger partial charge in [0.1, 0.15) is 0 Å². The minimum Gasteiger partial charge on any atom is -0.378 e. The second-order valence-corrected chi connectivity index (χ2v) is 9.78. The van der Waals surface area contributed by atoms with Crippen LogP contribution in [0.4, 0.5) is 0 Å². The summed E-state index contributed by atoms with van der Waals surface area (Å²) in [4.78, 5) is 18.3. The lowest BCUT2D eigenvalue weighted by Crippen LogP contribution is -2.69. The number of nitrogens with two attached hydrogens (primary N) is 1. The summed E-state index contributed by atoms with van der Waals surface area (Å²) in [5.41, 5.74) is 7.89. The molecular weight excluding hydrogens is 517 g/mol. The van der Waals surface area contributed by atoms with Crippen LogP contribution in [0.5, 0.6) is 0 Å². The van der Waals surface area contributed by atoms with Crippen molar-refractivity contribution in [2.75, 3.05) is 27.2 Å². The Balaban J connectivity index is 0.00000363. The maximum absolute atomic E-state index is 11.5. The highest BCUT2D eigenvalue weighted by Gasteiger charge is 2.58. The van der Waals surface area contributed by atoms with Crippen LogP contribution in [0.25, 0.3) is 0 Å². The Morgan fingerprint density at radius 1 is 1.31 bits per heavy atom. The van der Waals surface area contributed by atoms with Crippen LogP contribution in [0.1, 0.15) is 51.2 Å². The lowest BCUT2D eigenvalue weighted by atomic mass is 9.56. The summed E-state index contributed by atoms with van der Waals surface area (Å²) in [6.45, 7) is 9.95. The molecule has 8 heteroatoms. The van der Waals surface area contributed by atoms with Crippen molar-refractivity contribution in [2.45, 2.75) is 64.8 Å². The summed E-state index contributed by atoms with van der Waals surface area (Å²) in [5.74, 6) is 0.604. The molecule has 0 bridgehead atoms. The average molecular weight is 558 g/mol. The molecule has 7 nitrogen and oxygen atoms in total. The van der Waals surface area contributed by atoms with Gasteiger partial charge in [-0.3, -0.25) is 14.7 Å². The number of amides is 1. The van der Waals surface area contributed by atoms with E-state index in [9.17, 15) is 4.79 Å². The minimum atomic E-state index is -0.179. The van der Waals surface area contributed by atoms with Crippen molar-refractivity contribution in [1.29, 1.82) is 0 Å². The maximum Gasteiger partial charge on any atom is 0.221 e. The number of nitrogens with one attached hydrogen (secondary N) is 2. The van der Waals surface area contributed by atoms with Gasteiger partial charge in [-0.25, -0.2) is 0 Å². The van der Waals surface area contributed by atoms with Crippen molar-refractivity contribution in [1.82, 2.24) is 15.5 Å². The lowest BCUT2D eigenvalue weighted by molar-refractivity contribution is -0.176. The molecule has 1 saturated heterocycles. The molecule has 2 fully saturated rings. The second-order valence-electron chi connectivity index (χ2n) is 9.78. The number of rotatable bonds is 7.